The predicted molar refractivity (Wildman–Crippen MR) is 153 cm³/mol. The van der Waals surface area contributed by atoms with E-state index in [2.05, 4.69) is 53.5 Å². The Hall–Kier alpha value is -1.40. The molecular weight excluding hydrogens is 514 g/mol. The number of alkyl halides is 2. The molecule has 3 atom stereocenters. The summed E-state index contributed by atoms with van der Waals surface area (Å²) in [6.45, 7) is 8.37. The fraction of sp³-hybridized carbons (Fsp3) is 0.519. The molecule has 3 unspecified atom stereocenters. The number of nitrogens with zero attached hydrogens (tertiary/aromatic N) is 4. The number of aryl methyl sites for hydroxylation is 1. The minimum Gasteiger partial charge on any atom is -0.369 e. The van der Waals surface area contributed by atoms with Gasteiger partial charge in [0, 0.05) is 67.7 Å². The van der Waals surface area contributed by atoms with Crippen LogP contribution < -0.4 is 4.90 Å². The Balaban J connectivity index is 1.34. The van der Waals surface area contributed by atoms with Crippen LogP contribution in [0, 0.1) is 5.92 Å². The number of aliphatic hydroxyl groups is 2. The molecule has 196 valence electrons. The molecule has 0 spiro atoms. The normalized spacial score (nSPS) is 16.8. The average molecular weight is 551 g/mol. The lowest BCUT2D eigenvalue weighted by Crippen LogP contribution is -2.50. The van der Waals surface area contributed by atoms with Crippen LogP contribution in [-0.2, 0) is 13.5 Å². The van der Waals surface area contributed by atoms with Gasteiger partial charge in [-0.15, -0.1) is 23.2 Å². The van der Waals surface area contributed by atoms with E-state index < -0.39 is 6.29 Å². The molecule has 1 aromatic heterocycles. The van der Waals surface area contributed by atoms with Gasteiger partial charge < -0.3 is 19.7 Å². The Morgan fingerprint density at radius 1 is 1.06 bits per heavy atom. The highest BCUT2D eigenvalue weighted by Gasteiger charge is 2.31. The molecule has 0 amide bonds. The lowest BCUT2D eigenvalue weighted by molar-refractivity contribution is -0.0424. The summed E-state index contributed by atoms with van der Waals surface area (Å²) in [6.07, 6.45) is -0.372. The van der Waals surface area contributed by atoms with Crippen LogP contribution in [0.4, 0.5) is 5.69 Å². The topological polar surface area (TPSA) is 64.8 Å². The summed E-state index contributed by atoms with van der Waals surface area (Å²) in [4.78, 5) is 9.83. The van der Waals surface area contributed by atoms with Crippen LogP contribution in [0.1, 0.15) is 42.7 Å². The Kier molecular flexibility index (Phi) is 9.54. The highest BCUT2D eigenvalue weighted by atomic mass is 35.5. The second-order valence-corrected chi connectivity index (χ2v) is 12.6. The van der Waals surface area contributed by atoms with Crippen molar-refractivity contribution in [3.63, 3.8) is 0 Å². The molecule has 0 radical (unpaired) electrons. The van der Waals surface area contributed by atoms with Crippen LogP contribution in [0.3, 0.4) is 0 Å². The van der Waals surface area contributed by atoms with Crippen molar-refractivity contribution >= 4 is 48.5 Å². The zero-order chi connectivity index (χ0) is 25.8. The number of hydrogen-bond donors (Lipinski definition) is 2. The van der Waals surface area contributed by atoms with Crippen molar-refractivity contribution in [1.82, 2.24) is 14.5 Å². The van der Waals surface area contributed by atoms with E-state index in [1.54, 1.807) is 12.1 Å². The molecule has 1 fully saturated rings. The van der Waals surface area contributed by atoms with Crippen LogP contribution >= 0.6 is 31.8 Å². The van der Waals surface area contributed by atoms with Crippen molar-refractivity contribution in [3.8, 4) is 0 Å². The third-order valence-corrected chi connectivity index (χ3v) is 9.13. The fourth-order valence-corrected chi connectivity index (χ4v) is 7.08. The van der Waals surface area contributed by atoms with E-state index in [1.165, 1.54) is 5.56 Å². The average Bonchev–Trinajstić information content (AvgIpc) is 3.17. The summed E-state index contributed by atoms with van der Waals surface area (Å²) in [6, 6.07) is 14.1. The summed E-state index contributed by atoms with van der Waals surface area (Å²) >= 11 is 12.0. The zero-order valence-electron chi connectivity index (χ0n) is 21.2. The maximum atomic E-state index is 9.27. The summed E-state index contributed by atoms with van der Waals surface area (Å²) in [5.41, 5.74) is 5.46. The minimum atomic E-state index is -1.40. The fourth-order valence-electron chi connectivity index (χ4n) is 5.12. The molecule has 36 heavy (non-hydrogen) atoms. The van der Waals surface area contributed by atoms with Crippen molar-refractivity contribution < 1.29 is 10.2 Å². The van der Waals surface area contributed by atoms with Gasteiger partial charge in [0.25, 0.3) is 0 Å². The number of fused-ring (bicyclic) bond motifs is 1. The quantitative estimate of drug-likeness (QED) is 0.186. The lowest BCUT2D eigenvalue weighted by Gasteiger charge is -2.44. The van der Waals surface area contributed by atoms with Crippen molar-refractivity contribution in [2.75, 3.05) is 42.8 Å². The number of anilines is 1. The minimum absolute atomic E-state index is 0.374. The van der Waals surface area contributed by atoms with Gasteiger partial charge in [-0.25, -0.2) is 4.98 Å². The molecule has 2 N–H and O–H groups in total. The van der Waals surface area contributed by atoms with E-state index in [0.717, 1.165) is 63.7 Å². The van der Waals surface area contributed by atoms with Gasteiger partial charge in [-0.3, -0.25) is 4.90 Å². The van der Waals surface area contributed by atoms with E-state index >= 15 is 0 Å². The van der Waals surface area contributed by atoms with Crippen LogP contribution in [0.2, 0.25) is 0 Å². The molecule has 1 saturated heterocycles. The molecule has 4 rings (SSSR count). The van der Waals surface area contributed by atoms with E-state index in [0.29, 0.717) is 34.7 Å². The Morgan fingerprint density at radius 2 is 1.72 bits per heavy atom. The van der Waals surface area contributed by atoms with E-state index in [4.69, 9.17) is 28.2 Å². The molecule has 0 saturated carbocycles. The Morgan fingerprint density at radius 3 is 2.33 bits per heavy atom. The summed E-state index contributed by atoms with van der Waals surface area (Å²) < 4.78 is 2.24. The van der Waals surface area contributed by atoms with Crippen molar-refractivity contribution in [1.29, 1.82) is 0 Å². The molecule has 2 aromatic carbocycles. The van der Waals surface area contributed by atoms with Gasteiger partial charge in [0.15, 0.2) is 6.29 Å². The number of likely N-dealkylation sites (tertiary alicyclic amines) is 1. The summed E-state index contributed by atoms with van der Waals surface area (Å²) in [7, 11) is 2.88. The lowest BCUT2D eigenvalue weighted by atomic mass is 9.92. The number of halogens is 2. The summed E-state index contributed by atoms with van der Waals surface area (Å²) in [5, 5.41) is 18.5. The highest BCUT2D eigenvalue weighted by Crippen LogP contribution is 2.42. The van der Waals surface area contributed by atoms with Gasteiger partial charge in [0.05, 0.1) is 11.0 Å². The highest BCUT2D eigenvalue weighted by molar-refractivity contribution is 7.39. The van der Waals surface area contributed by atoms with Crippen molar-refractivity contribution in [2.45, 2.75) is 38.0 Å². The van der Waals surface area contributed by atoms with Gasteiger partial charge in [-0.2, -0.15) is 0 Å². The molecule has 1 aliphatic heterocycles. The molecule has 9 heteroatoms. The van der Waals surface area contributed by atoms with Crippen LogP contribution in [0.25, 0.3) is 11.0 Å². The number of aromatic nitrogens is 2. The van der Waals surface area contributed by atoms with Crippen LogP contribution in [0.5, 0.6) is 0 Å². The number of benzene rings is 2. The van der Waals surface area contributed by atoms with Gasteiger partial charge in [0.2, 0.25) is 0 Å². The van der Waals surface area contributed by atoms with Crippen molar-refractivity contribution in [3.05, 3.63) is 59.4 Å². The summed E-state index contributed by atoms with van der Waals surface area (Å²) in [5.74, 6) is 3.43. The first-order chi connectivity index (χ1) is 17.3. The number of hydrogen-bond acceptors (Lipinski definition) is 5. The van der Waals surface area contributed by atoms with Crippen LogP contribution in [0.15, 0.2) is 42.5 Å². The number of imidazole rings is 1. The van der Waals surface area contributed by atoms with Crippen molar-refractivity contribution in [2.24, 2.45) is 13.0 Å². The van der Waals surface area contributed by atoms with E-state index in [1.807, 2.05) is 12.1 Å². The van der Waals surface area contributed by atoms with Crippen LogP contribution in [-0.4, -0.2) is 68.4 Å². The zero-order valence-corrected chi connectivity index (χ0v) is 23.8. The largest absolute Gasteiger partial charge is 0.369 e. The molecule has 1 aliphatic rings. The first-order valence-electron chi connectivity index (χ1n) is 12.6. The maximum absolute atomic E-state index is 9.27. The van der Waals surface area contributed by atoms with Gasteiger partial charge in [0.1, 0.15) is 5.82 Å². The van der Waals surface area contributed by atoms with Gasteiger partial charge >= 0.3 is 0 Å². The standard InChI is InChI=1S/C27H37Cl2N4O2P/c1-18(26-30-24-15-23(8-9-25(24)31(26)3)32(12-10-28)13-11-29)36-19(2)33-16-21(17-33)14-20-4-6-22(7-5-20)27(34)35/h4-9,15,18-19,21,27,34-36H,10-14,16-17H2,1-3H3. The second-order valence-electron chi connectivity index (χ2n) is 9.77. The number of rotatable bonds is 12. The second kappa shape index (κ2) is 12.4. The molecule has 0 bridgehead atoms. The predicted octanol–water partition coefficient (Wildman–Crippen LogP) is 5.10. The third kappa shape index (κ3) is 6.35. The van der Waals surface area contributed by atoms with E-state index in [-0.39, 0.29) is 0 Å². The molecule has 6 nitrogen and oxygen atoms in total. The number of aliphatic hydroxyl groups excluding tert-OH is 1. The Labute approximate surface area is 226 Å². The smallest absolute Gasteiger partial charge is 0.178 e. The monoisotopic (exact) mass is 550 g/mol. The maximum Gasteiger partial charge on any atom is 0.178 e. The first kappa shape index (κ1) is 27.6. The first-order valence-corrected chi connectivity index (χ1v) is 14.8. The third-order valence-electron chi connectivity index (χ3n) is 7.19. The molecular formula is C27H37Cl2N4O2P. The van der Waals surface area contributed by atoms with Gasteiger partial charge in [-0.05, 0) is 43.0 Å². The molecule has 3 aromatic rings. The van der Waals surface area contributed by atoms with E-state index in [9.17, 15) is 10.2 Å². The molecule has 2 heterocycles. The SMILES string of the molecule is CC(PC(C)N1CC(Cc2ccc(C(O)O)cc2)C1)c1nc2cc(N(CCCl)CCCl)ccc2n1C. The molecule has 0 aliphatic carbocycles. The van der Waals surface area contributed by atoms with Gasteiger partial charge in [-0.1, -0.05) is 39.8 Å². The Bertz CT molecular complexity index is 1130.